The maximum Gasteiger partial charge on any atom is 0.0867 e. The molecule has 0 aromatic heterocycles. The quantitative estimate of drug-likeness (QED) is 0.345. The summed E-state index contributed by atoms with van der Waals surface area (Å²) in [4.78, 5) is 0. The molecule has 0 heterocycles. The Bertz CT molecular complexity index is 305. The van der Waals surface area contributed by atoms with E-state index in [9.17, 15) is 0 Å². The second kappa shape index (κ2) is 10.2. The Labute approximate surface area is 136 Å². The van der Waals surface area contributed by atoms with Crippen molar-refractivity contribution < 1.29 is 0 Å². The molecule has 0 fully saturated rings. The molecule has 1 aromatic rings. The minimum Gasteiger partial charge on any atom is -0.0928 e. The summed E-state index contributed by atoms with van der Waals surface area (Å²) < 4.78 is 0. The number of halogens is 2. The lowest BCUT2D eigenvalue weighted by Crippen LogP contribution is -2.47. The first kappa shape index (κ1) is 17.4. The third kappa shape index (κ3) is 5.72. The van der Waals surface area contributed by atoms with Crippen molar-refractivity contribution in [2.75, 3.05) is 10.7 Å². The average Bonchev–Trinajstić information content (AvgIpc) is 2.48. The molecular formula is C16H26Br2Si. The van der Waals surface area contributed by atoms with Crippen LogP contribution >= 0.6 is 31.9 Å². The van der Waals surface area contributed by atoms with Crippen LogP contribution < -0.4 is 5.19 Å². The number of rotatable bonds is 10. The van der Waals surface area contributed by atoms with Crippen molar-refractivity contribution in [3.63, 3.8) is 0 Å². The summed E-state index contributed by atoms with van der Waals surface area (Å²) >= 11 is 7.25. The predicted octanol–water partition coefficient (Wildman–Crippen LogP) is 5.71. The minimum absolute atomic E-state index is 1.15. The zero-order valence-electron chi connectivity index (χ0n) is 12.0. The Morgan fingerprint density at radius 1 is 0.842 bits per heavy atom. The Morgan fingerprint density at radius 2 is 1.37 bits per heavy atom. The van der Waals surface area contributed by atoms with Crippen LogP contribution in [0.5, 0.6) is 0 Å². The van der Waals surface area contributed by atoms with Crippen LogP contribution in [0.4, 0.5) is 0 Å². The van der Waals surface area contributed by atoms with Gasteiger partial charge < -0.3 is 0 Å². The smallest absolute Gasteiger partial charge is 0.0867 e. The third-order valence-electron chi connectivity index (χ3n) is 3.97. The molecule has 0 N–H and O–H groups in total. The Morgan fingerprint density at radius 3 is 1.84 bits per heavy atom. The second-order valence-electron chi connectivity index (χ2n) is 5.33. The molecule has 0 aliphatic heterocycles. The van der Waals surface area contributed by atoms with Gasteiger partial charge in [-0.3, -0.25) is 0 Å². The van der Waals surface area contributed by atoms with Crippen LogP contribution in [-0.2, 0) is 0 Å². The van der Waals surface area contributed by atoms with Gasteiger partial charge in [-0.25, -0.2) is 0 Å². The van der Waals surface area contributed by atoms with Crippen molar-refractivity contribution in [3.8, 4) is 0 Å². The van der Waals surface area contributed by atoms with Gasteiger partial charge in [0.15, 0.2) is 0 Å². The van der Waals surface area contributed by atoms with Crippen LogP contribution in [0, 0.1) is 0 Å². The molecule has 0 spiro atoms. The van der Waals surface area contributed by atoms with E-state index in [-0.39, 0.29) is 0 Å². The van der Waals surface area contributed by atoms with Gasteiger partial charge in [-0.1, -0.05) is 105 Å². The van der Waals surface area contributed by atoms with Crippen molar-refractivity contribution in [1.29, 1.82) is 0 Å². The predicted molar refractivity (Wildman–Crippen MR) is 98.0 cm³/mol. The minimum atomic E-state index is -1.29. The van der Waals surface area contributed by atoms with Crippen LogP contribution in [0.1, 0.15) is 32.6 Å². The monoisotopic (exact) mass is 404 g/mol. The van der Waals surface area contributed by atoms with Crippen LogP contribution in [0.2, 0.25) is 18.1 Å². The summed E-state index contributed by atoms with van der Waals surface area (Å²) in [5.74, 6) is 0. The highest BCUT2D eigenvalue weighted by Crippen LogP contribution is 2.27. The topological polar surface area (TPSA) is 0 Å². The number of alkyl halides is 2. The molecule has 0 aliphatic carbocycles. The zero-order chi connectivity index (χ0) is 14.0. The van der Waals surface area contributed by atoms with Gasteiger partial charge in [0.2, 0.25) is 0 Å². The van der Waals surface area contributed by atoms with Gasteiger partial charge in [0.1, 0.15) is 0 Å². The maximum absolute atomic E-state index is 3.62. The lowest BCUT2D eigenvalue weighted by Gasteiger charge is -2.32. The molecule has 0 bridgehead atoms. The summed E-state index contributed by atoms with van der Waals surface area (Å²) in [6.07, 6.45) is 5.37. The molecule has 0 saturated carbocycles. The molecule has 0 radical (unpaired) electrons. The lowest BCUT2D eigenvalue weighted by molar-refractivity contribution is 0.849. The molecule has 19 heavy (non-hydrogen) atoms. The van der Waals surface area contributed by atoms with E-state index in [1.165, 1.54) is 43.8 Å². The largest absolute Gasteiger partial charge is 0.0928 e. The normalized spacial score (nSPS) is 11.7. The van der Waals surface area contributed by atoms with Crippen LogP contribution in [0.15, 0.2) is 30.3 Å². The molecular weight excluding hydrogens is 380 g/mol. The first-order chi connectivity index (χ1) is 9.29. The van der Waals surface area contributed by atoms with Gasteiger partial charge in [0.25, 0.3) is 0 Å². The van der Waals surface area contributed by atoms with Crippen LogP contribution in [0.3, 0.4) is 0 Å². The third-order valence-corrected chi connectivity index (χ3v) is 10.6. The number of hydrogen-bond acceptors (Lipinski definition) is 0. The van der Waals surface area contributed by atoms with Crippen molar-refractivity contribution in [1.82, 2.24) is 0 Å². The Kier molecular flexibility index (Phi) is 9.34. The van der Waals surface area contributed by atoms with Crippen LogP contribution in [-0.4, -0.2) is 18.7 Å². The summed E-state index contributed by atoms with van der Waals surface area (Å²) in [6.45, 7) is 2.32. The summed E-state index contributed by atoms with van der Waals surface area (Å²) in [5, 5.41) is 3.98. The average molecular weight is 406 g/mol. The highest BCUT2D eigenvalue weighted by atomic mass is 79.9. The van der Waals surface area contributed by atoms with Gasteiger partial charge in [-0.15, -0.1) is 0 Å². The summed E-state index contributed by atoms with van der Waals surface area (Å²) in [6, 6.07) is 15.7. The van der Waals surface area contributed by atoms with Gasteiger partial charge in [-0.05, 0) is 12.8 Å². The number of hydrogen-bond donors (Lipinski definition) is 0. The van der Waals surface area contributed by atoms with E-state index in [1.807, 2.05) is 0 Å². The standard InChI is InChI=1S/C16H26Br2Si/c1-2-3-13-19(14-7-11-17,15-8-12-18)16-9-5-4-6-10-16/h4-6,9-10H,2-3,7-8,11-15H2,1H3. The van der Waals surface area contributed by atoms with E-state index in [0.717, 1.165) is 10.7 Å². The lowest BCUT2D eigenvalue weighted by atomic mass is 10.4. The zero-order valence-corrected chi connectivity index (χ0v) is 16.2. The van der Waals surface area contributed by atoms with E-state index < -0.39 is 8.07 Å². The molecule has 0 atom stereocenters. The first-order valence-electron chi connectivity index (χ1n) is 7.46. The van der Waals surface area contributed by atoms with Gasteiger partial charge >= 0.3 is 0 Å². The van der Waals surface area contributed by atoms with E-state index in [1.54, 1.807) is 5.19 Å². The molecule has 0 saturated heterocycles. The molecule has 1 aromatic carbocycles. The highest BCUT2D eigenvalue weighted by Gasteiger charge is 2.32. The highest BCUT2D eigenvalue weighted by molar-refractivity contribution is 9.09. The van der Waals surface area contributed by atoms with Gasteiger partial charge in [0.05, 0.1) is 8.07 Å². The first-order valence-corrected chi connectivity index (χ1v) is 12.3. The number of unbranched alkanes of at least 4 members (excludes halogenated alkanes) is 1. The number of benzene rings is 1. The van der Waals surface area contributed by atoms with Crippen molar-refractivity contribution in [2.45, 2.75) is 50.7 Å². The molecule has 0 aliphatic rings. The Balaban J connectivity index is 2.94. The molecule has 0 unspecified atom stereocenters. The fraction of sp³-hybridized carbons (Fsp3) is 0.625. The van der Waals surface area contributed by atoms with Gasteiger partial charge in [0, 0.05) is 10.7 Å². The molecule has 108 valence electrons. The summed E-state index contributed by atoms with van der Waals surface area (Å²) in [7, 11) is -1.29. The molecule has 3 heteroatoms. The second-order valence-corrected chi connectivity index (χ2v) is 11.6. The van der Waals surface area contributed by atoms with E-state index in [2.05, 4.69) is 69.1 Å². The van der Waals surface area contributed by atoms with Crippen molar-refractivity contribution in [2.24, 2.45) is 0 Å². The van der Waals surface area contributed by atoms with E-state index >= 15 is 0 Å². The molecule has 1 rings (SSSR count). The fourth-order valence-corrected chi connectivity index (χ4v) is 9.77. The molecule has 0 amide bonds. The molecule has 0 nitrogen and oxygen atoms in total. The fourth-order valence-electron chi connectivity index (χ4n) is 2.93. The maximum atomic E-state index is 3.62. The Hall–Kier alpha value is 0.397. The van der Waals surface area contributed by atoms with Crippen molar-refractivity contribution >= 4 is 45.1 Å². The van der Waals surface area contributed by atoms with E-state index in [0.29, 0.717) is 0 Å². The SMILES string of the molecule is CCCC[Si](CCCBr)(CCCBr)c1ccccc1. The summed E-state index contributed by atoms with van der Waals surface area (Å²) in [5.41, 5.74) is 0. The van der Waals surface area contributed by atoms with Gasteiger partial charge in [-0.2, -0.15) is 0 Å². The van der Waals surface area contributed by atoms with Crippen molar-refractivity contribution in [3.05, 3.63) is 30.3 Å². The van der Waals surface area contributed by atoms with Crippen LogP contribution in [0.25, 0.3) is 0 Å². The van der Waals surface area contributed by atoms with E-state index in [4.69, 9.17) is 0 Å².